The lowest BCUT2D eigenvalue weighted by molar-refractivity contribution is -0.144. The summed E-state index contributed by atoms with van der Waals surface area (Å²) in [6, 6.07) is 0.541. The summed E-state index contributed by atoms with van der Waals surface area (Å²) < 4.78 is 71.3. The van der Waals surface area contributed by atoms with Crippen LogP contribution < -0.4 is 10.6 Å². The zero-order chi connectivity index (χ0) is 29.6. The lowest BCUT2D eigenvalue weighted by Gasteiger charge is -2.33. The predicted molar refractivity (Wildman–Crippen MR) is 141 cm³/mol. The van der Waals surface area contributed by atoms with Crippen LogP contribution in [-0.4, -0.2) is 48.1 Å². The van der Waals surface area contributed by atoms with Crippen molar-refractivity contribution in [3.8, 4) is 0 Å². The zero-order valence-electron chi connectivity index (χ0n) is 22.5. The Kier molecular flexibility index (Phi) is 7.64. The molecule has 6 rings (SSSR count). The average Bonchev–Trinajstić information content (AvgIpc) is 3.87. The summed E-state index contributed by atoms with van der Waals surface area (Å²) in [6.07, 6.45) is 0.312. The topological polar surface area (TPSA) is 114 Å². The normalized spacial score (nSPS) is 20.8. The van der Waals surface area contributed by atoms with Crippen molar-refractivity contribution in [1.82, 2.24) is 34.8 Å². The lowest BCUT2D eigenvalue weighted by Crippen LogP contribution is -2.37. The summed E-state index contributed by atoms with van der Waals surface area (Å²) in [5, 5.41) is 14.2. The first-order chi connectivity index (χ1) is 20.0. The maximum Gasteiger partial charge on any atom is 0.389 e. The first kappa shape index (κ1) is 28.9. The quantitative estimate of drug-likeness (QED) is 0.286. The maximum atomic E-state index is 14.0. The van der Waals surface area contributed by atoms with E-state index in [0.717, 1.165) is 30.6 Å². The van der Waals surface area contributed by atoms with E-state index in [0.29, 0.717) is 16.9 Å². The number of aromatic nitrogens is 5. The highest BCUT2D eigenvalue weighted by atomic mass is 32.1. The van der Waals surface area contributed by atoms with Crippen molar-refractivity contribution in [1.29, 1.82) is 0 Å². The molecule has 2 atom stereocenters. The van der Waals surface area contributed by atoms with Gasteiger partial charge in [0.2, 0.25) is 11.8 Å². The van der Waals surface area contributed by atoms with E-state index in [1.807, 2.05) is 0 Å². The monoisotopic (exact) mass is 611 g/mol. The molecule has 3 saturated carbocycles. The van der Waals surface area contributed by atoms with Gasteiger partial charge in [-0.3, -0.25) is 9.59 Å². The van der Waals surface area contributed by atoms with Gasteiger partial charge in [0.05, 0.1) is 41.5 Å². The molecule has 15 heteroatoms. The number of carbonyl (C=O) groups excluding carboxylic acids is 2. The summed E-state index contributed by atoms with van der Waals surface area (Å²) >= 11 is 1.19. The Hall–Kier alpha value is -3.23. The second-order valence-electron chi connectivity index (χ2n) is 11.7. The molecule has 3 fully saturated rings. The van der Waals surface area contributed by atoms with E-state index in [9.17, 15) is 31.5 Å². The molecule has 3 aromatic heterocycles. The number of halogens is 5. The van der Waals surface area contributed by atoms with Gasteiger partial charge in [-0.05, 0) is 79.4 Å². The number of amides is 2. The minimum Gasteiger partial charge on any atom is -0.349 e. The van der Waals surface area contributed by atoms with Crippen LogP contribution in [-0.2, 0) is 4.79 Å². The van der Waals surface area contributed by atoms with Crippen molar-refractivity contribution in [2.75, 3.05) is 0 Å². The van der Waals surface area contributed by atoms with Gasteiger partial charge in [-0.25, -0.2) is 18.3 Å². The molecule has 0 aromatic carbocycles. The van der Waals surface area contributed by atoms with Crippen LogP contribution in [0.25, 0.3) is 5.65 Å². The average molecular weight is 612 g/mol. The second-order valence-corrected chi connectivity index (χ2v) is 12.4. The molecule has 3 aliphatic carbocycles. The molecule has 0 aliphatic heterocycles. The predicted octanol–water partition coefficient (Wildman–Crippen LogP) is 5.66. The minimum atomic E-state index is -4.42. The van der Waals surface area contributed by atoms with Crippen LogP contribution in [0.4, 0.5) is 22.0 Å². The van der Waals surface area contributed by atoms with Gasteiger partial charge >= 0.3 is 6.18 Å². The number of fused-ring (bicyclic) bond motifs is 1. The largest absolute Gasteiger partial charge is 0.389 e. The second kappa shape index (κ2) is 11.1. The Morgan fingerprint density at radius 2 is 1.76 bits per heavy atom. The molecule has 42 heavy (non-hydrogen) atoms. The molecule has 3 aliphatic rings. The van der Waals surface area contributed by atoms with E-state index in [1.165, 1.54) is 16.0 Å². The third kappa shape index (κ3) is 6.70. The minimum absolute atomic E-state index is 0.0850. The first-order valence-electron chi connectivity index (χ1n) is 14.2. The van der Waals surface area contributed by atoms with E-state index >= 15 is 0 Å². The van der Waals surface area contributed by atoms with E-state index in [2.05, 4.69) is 25.3 Å². The molecule has 0 radical (unpaired) electrons. The fraction of sp³-hybridized carbons (Fsp3) is 0.630. The Morgan fingerprint density at radius 3 is 2.43 bits per heavy atom. The third-order valence-electron chi connectivity index (χ3n) is 8.28. The van der Waals surface area contributed by atoms with Gasteiger partial charge in [-0.1, -0.05) is 4.49 Å². The Morgan fingerprint density at radius 1 is 1.05 bits per heavy atom. The number of rotatable bonds is 10. The zero-order valence-corrected chi connectivity index (χ0v) is 23.4. The molecule has 0 spiro atoms. The van der Waals surface area contributed by atoms with Crippen molar-refractivity contribution < 1.29 is 31.5 Å². The van der Waals surface area contributed by atoms with Crippen LogP contribution in [0, 0.1) is 11.8 Å². The summed E-state index contributed by atoms with van der Waals surface area (Å²) in [6.45, 7) is 0. The fourth-order valence-electron chi connectivity index (χ4n) is 5.64. The smallest absolute Gasteiger partial charge is 0.349 e. The number of alkyl halides is 5. The van der Waals surface area contributed by atoms with Crippen molar-refractivity contribution in [3.05, 3.63) is 40.3 Å². The SMILES string of the molecule is O=C(CCC(F)(F)F)NC(c1cnn2cc([C@@H](NC(=O)c3nnsc3C3CC3)C3CCC(F)(F)CC3)nc2c1)C1CC1. The van der Waals surface area contributed by atoms with Crippen LogP contribution >= 0.6 is 11.5 Å². The van der Waals surface area contributed by atoms with Crippen LogP contribution in [0.3, 0.4) is 0 Å². The number of hydrogen-bond acceptors (Lipinski definition) is 7. The van der Waals surface area contributed by atoms with Crippen molar-refractivity contribution in [2.45, 2.75) is 94.3 Å². The van der Waals surface area contributed by atoms with Gasteiger partial charge in [0.1, 0.15) is 0 Å². The van der Waals surface area contributed by atoms with Gasteiger partial charge in [-0.15, -0.1) is 5.10 Å². The van der Waals surface area contributed by atoms with Crippen LogP contribution in [0.2, 0.25) is 0 Å². The highest BCUT2D eigenvalue weighted by Gasteiger charge is 2.41. The van der Waals surface area contributed by atoms with Gasteiger partial charge in [0.15, 0.2) is 11.3 Å². The number of nitrogens with zero attached hydrogens (tertiary/aromatic N) is 5. The standard InChI is InChI=1S/C27H30F5N7O2S/c28-26(29)8-5-15(6-9-26)22(36-25(41)23-24(16-3-4-16)42-38-37-23)18-13-39-19(34-18)11-17(12-33-39)21(14-1-2-14)35-20(40)7-10-27(30,31)32/h11-16,21-22H,1-10H2,(H,35,40)(H,36,41)/t21?,22-/m0/s1. The Balaban J connectivity index is 1.25. The van der Waals surface area contributed by atoms with E-state index in [-0.39, 0.29) is 49.1 Å². The maximum absolute atomic E-state index is 14.0. The molecule has 0 bridgehead atoms. The molecule has 2 amide bonds. The number of carbonyl (C=O) groups is 2. The molecule has 3 heterocycles. The Bertz CT molecular complexity index is 1460. The van der Waals surface area contributed by atoms with Crippen LogP contribution in [0.1, 0.15) is 109 Å². The number of hydrogen-bond donors (Lipinski definition) is 2. The summed E-state index contributed by atoms with van der Waals surface area (Å²) in [5.74, 6) is -3.80. The lowest BCUT2D eigenvalue weighted by atomic mass is 9.81. The van der Waals surface area contributed by atoms with Gasteiger partial charge in [-0.2, -0.15) is 18.3 Å². The summed E-state index contributed by atoms with van der Waals surface area (Å²) in [7, 11) is 0. The molecular weight excluding hydrogens is 581 g/mol. The van der Waals surface area contributed by atoms with Crippen molar-refractivity contribution in [2.24, 2.45) is 11.8 Å². The summed E-state index contributed by atoms with van der Waals surface area (Å²) in [4.78, 5) is 31.2. The molecule has 0 saturated heterocycles. The van der Waals surface area contributed by atoms with E-state index in [1.54, 1.807) is 18.5 Å². The van der Waals surface area contributed by atoms with Crippen molar-refractivity contribution in [3.63, 3.8) is 0 Å². The molecule has 2 N–H and O–H groups in total. The molecular formula is C27H30F5N7O2S. The van der Waals surface area contributed by atoms with Crippen LogP contribution in [0.5, 0.6) is 0 Å². The molecule has 9 nitrogen and oxygen atoms in total. The third-order valence-corrected chi connectivity index (χ3v) is 9.17. The van der Waals surface area contributed by atoms with Crippen molar-refractivity contribution >= 4 is 29.0 Å². The molecule has 3 aromatic rings. The molecule has 1 unspecified atom stereocenters. The van der Waals surface area contributed by atoms with E-state index < -0.39 is 48.8 Å². The number of nitrogens with one attached hydrogen (secondary N) is 2. The van der Waals surface area contributed by atoms with Gasteiger partial charge in [0.25, 0.3) is 5.91 Å². The number of imidazole rings is 1. The van der Waals surface area contributed by atoms with Crippen LogP contribution in [0.15, 0.2) is 18.5 Å². The highest BCUT2D eigenvalue weighted by molar-refractivity contribution is 7.06. The highest BCUT2D eigenvalue weighted by Crippen LogP contribution is 2.45. The molecule has 226 valence electrons. The first-order valence-corrected chi connectivity index (χ1v) is 15.0. The van der Waals surface area contributed by atoms with E-state index in [4.69, 9.17) is 4.98 Å². The fourth-order valence-corrected chi connectivity index (χ4v) is 6.46. The Labute approximate surface area is 241 Å². The summed E-state index contributed by atoms with van der Waals surface area (Å²) in [5.41, 5.74) is 1.73. The van der Waals surface area contributed by atoms with Gasteiger partial charge in [0, 0.05) is 19.3 Å². The van der Waals surface area contributed by atoms with Gasteiger partial charge < -0.3 is 10.6 Å².